The van der Waals surface area contributed by atoms with Gasteiger partial charge in [-0.1, -0.05) is 12.5 Å². The van der Waals surface area contributed by atoms with Gasteiger partial charge in [0.2, 0.25) is 11.8 Å². The number of carbonyl (C=O) groups excluding carboxylic acids is 2. The van der Waals surface area contributed by atoms with E-state index in [4.69, 9.17) is 4.42 Å². The van der Waals surface area contributed by atoms with Gasteiger partial charge < -0.3 is 19.2 Å². The summed E-state index contributed by atoms with van der Waals surface area (Å²) >= 11 is 0. The van der Waals surface area contributed by atoms with E-state index in [0.717, 1.165) is 43.6 Å². The Bertz CT molecular complexity index is 1030. The fourth-order valence-electron chi connectivity index (χ4n) is 5.92. The molecule has 2 bridgehead atoms. The number of aromatic nitrogens is 1. The van der Waals surface area contributed by atoms with Gasteiger partial charge in [0, 0.05) is 62.6 Å². The number of hydrogen-bond donors (Lipinski definition) is 1. The largest absolute Gasteiger partial charge is 0.469 e. The van der Waals surface area contributed by atoms with E-state index in [-0.39, 0.29) is 42.2 Å². The molecule has 2 aliphatic heterocycles. The smallest absolute Gasteiger partial charge is 0.250 e. The molecule has 2 fully saturated rings. The van der Waals surface area contributed by atoms with Gasteiger partial charge in [-0.05, 0) is 49.3 Å². The Morgan fingerprint density at radius 2 is 1.97 bits per heavy atom. The monoisotopic (exact) mass is 437 g/mol. The van der Waals surface area contributed by atoms with Gasteiger partial charge in [0.05, 0.1) is 6.26 Å². The van der Waals surface area contributed by atoms with Gasteiger partial charge in [0.15, 0.2) is 0 Å². The molecule has 0 unspecified atom stereocenters. The van der Waals surface area contributed by atoms with E-state index in [1.165, 1.54) is 0 Å². The Labute approximate surface area is 187 Å². The fourth-order valence-corrected chi connectivity index (χ4v) is 5.92. The highest BCUT2D eigenvalue weighted by Gasteiger charge is 2.36. The Morgan fingerprint density at radius 1 is 1.06 bits per heavy atom. The van der Waals surface area contributed by atoms with Crippen LogP contribution in [0.2, 0.25) is 0 Å². The molecule has 170 valence electrons. The molecule has 0 radical (unpaired) electrons. The quantitative estimate of drug-likeness (QED) is 0.753. The molecule has 2 aromatic rings. The third-order valence-corrected chi connectivity index (χ3v) is 7.45. The molecule has 0 spiro atoms. The van der Waals surface area contributed by atoms with Crippen molar-refractivity contribution in [3.05, 3.63) is 58.4 Å². The first-order valence-electron chi connectivity index (χ1n) is 11.9. The normalized spacial score (nSPS) is 26.6. The summed E-state index contributed by atoms with van der Waals surface area (Å²) in [5.41, 5.74) is 1.08. The maximum atomic E-state index is 12.9. The number of pyridine rings is 1. The van der Waals surface area contributed by atoms with E-state index in [9.17, 15) is 14.4 Å². The van der Waals surface area contributed by atoms with E-state index < -0.39 is 0 Å². The number of carbonyl (C=O) groups is 2. The maximum Gasteiger partial charge on any atom is 0.250 e. The maximum absolute atomic E-state index is 12.9. The zero-order valence-electron chi connectivity index (χ0n) is 18.4. The molecule has 1 saturated carbocycles. The van der Waals surface area contributed by atoms with E-state index in [1.54, 1.807) is 12.3 Å². The zero-order chi connectivity index (χ0) is 22.1. The second-order valence-corrected chi connectivity index (χ2v) is 9.65. The summed E-state index contributed by atoms with van der Waals surface area (Å²) in [6.45, 7) is 1.98. The third-order valence-electron chi connectivity index (χ3n) is 7.45. The highest BCUT2D eigenvalue weighted by Crippen LogP contribution is 2.35. The molecule has 2 amide bonds. The lowest BCUT2D eigenvalue weighted by atomic mass is 9.83. The number of rotatable bonds is 6. The Balaban J connectivity index is 1.13. The first kappa shape index (κ1) is 21.0. The van der Waals surface area contributed by atoms with Crippen LogP contribution in [0.25, 0.3) is 0 Å². The highest BCUT2D eigenvalue weighted by molar-refractivity contribution is 5.84. The van der Waals surface area contributed by atoms with Crippen LogP contribution in [0.15, 0.2) is 45.8 Å². The minimum atomic E-state index is -0.0382. The molecule has 2 aromatic heterocycles. The van der Waals surface area contributed by atoms with Gasteiger partial charge in [-0.25, -0.2) is 0 Å². The van der Waals surface area contributed by atoms with Crippen molar-refractivity contribution in [2.45, 2.75) is 63.5 Å². The second kappa shape index (κ2) is 8.96. The van der Waals surface area contributed by atoms with Crippen LogP contribution in [0.1, 0.15) is 55.9 Å². The summed E-state index contributed by atoms with van der Waals surface area (Å²) in [6.07, 6.45) is 7.20. The number of likely N-dealkylation sites (tertiary alicyclic amines) is 1. The van der Waals surface area contributed by atoms with E-state index in [2.05, 4.69) is 5.32 Å². The van der Waals surface area contributed by atoms with Crippen molar-refractivity contribution in [3.63, 3.8) is 0 Å². The average Bonchev–Trinajstić information content (AvgIpc) is 3.45. The fraction of sp³-hybridized carbons (Fsp3) is 0.560. The molecule has 7 heteroatoms. The van der Waals surface area contributed by atoms with Crippen LogP contribution in [0, 0.1) is 11.8 Å². The first-order chi connectivity index (χ1) is 15.6. The summed E-state index contributed by atoms with van der Waals surface area (Å²) < 4.78 is 7.34. The predicted molar refractivity (Wildman–Crippen MR) is 119 cm³/mol. The van der Waals surface area contributed by atoms with Crippen LogP contribution in [0.5, 0.6) is 0 Å². The number of piperidine rings is 1. The van der Waals surface area contributed by atoms with Gasteiger partial charge in [-0.3, -0.25) is 14.4 Å². The number of hydrogen-bond acceptors (Lipinski definition) is 4. The molecular formula is C25H31N3O4. The van der Waals surface area contributed by atoms with Crippen LogP contribution in [-0.4, -0.2) is 40.4 Å². The number of amides is 2. The Morgan fingerprint density at radius 3 is 2.81 bits per heavy atom. The molecule has 0 aromatic carbocycles. The lowest BCUT2D eigenvalue weighted by molar-refractivity contribution is -0.136. The summed E-state index contributed by atoms with van der Waals surface area (Å²) in [5.74, 6) is 1.87. The number of nitrogens with one attached hydrogen (secondary N) is 1. The van der Waals surface area contributed by atoms with Crippen molar-refractivity contribution >= 4 is 11.8 Å². The zero-order valence-corrected chi connectivity index (χ0v) is 18.4. The van der Waals surface area contributed by atoms with E-state index in [1.807, 2.05) is 33.7 Å². The summed E-state index contributed by atoms with van der Waals surface area (Å²) in [5, 5.41) is 3.17. The van der Waals surface area contributed by atoms with Crippen molar-refractivity contribution in [1.82, 2.24) is 14.8 Å². The second-order valence-electron chi connectivity index (χ2n) is 9.65. The topological polar surface area (TPSA) is 84.5 Å². The lowest BCUT2D eigenvalue weighted by Crippen LogP contribution is -2.49. The number of nitrogens with zero attached hydrogens (tertiary/aromatic N) is 2. The van der Waals surface area contributed by atoms with Crippen LogP contribution in [-0.2, 0) is 22.6 Å². The first-order valence-corrected chi connectivity index (χ1v) is 11.9. The molecule has 3 aliphatic rings. The SMILES string of the molecule is O=C(CCC(=O)N1C[C@@H]2C[C@H](C1)c1cccc(=O)n1C2)N[C@@H]1CCC[C@@H]1Cc1ccco1. The molecule has 4 atom stereocenters. The molecule has 32 heavy (non-hydrogen) atoms. The molecule has 4 heterocycles. The van der Waals surface area contributed by atoms with Crippen LogP contribution in [0.3, 0.4) is 0 Å². The standard InChI is InChI=1S/C25H31N3O4/c29-23(26-21-6-1-4-18(21)13-20-5-3-11-32-20)9-10-24(30)27-14-17-12-19(16-27)22-7-2-8-25(31)28(22)15-17/h2-3,5,7-8,11,17-19,21H,1,4,6,9-10,12-16H2,(H,26,29)/t17-,18+,19+,21+/m0/s1. The van der Waals surface area contributed by atoms with Gasteiger partial charge in [0.1, 0.15) is 5.76 Å². The van der Waals surface area contributed by atoms with Crippen molar-refractivity contribution in [3.8, 4) is 0 Å². The van der Waals surface area contributed by atoms with Crippen LogP contribution < -0.4 is 10.9 Å². The minimum absolute atomic E-state index is 0.0382. The average molecular weight is 438 g/mol. The highest BCUT2D eigenvalue weighted by atomic mass is 16.3. The molecule has 1 N–H and O–H groups in total. The molecule has 7 nitrogen and oxygen atoms in total. The van der Waals surface area contributed by atoms with Gasteiger partial charge in [0.25, 0.3) is 5.56 Å². The van der Waals surface area contributed by atoms with Crippen LogP contribution in [0.4, 0.5) is 0 Å². The van der Waals surface area contributed by atoms with E-state index >= 15 is 0 Å². The van der Waals surface area contributed by atoms with E-state index in [0.29, 0.717) is 31.5 Å². The van der Waals surface area contributed by atoms with Gasteiger partial charge in [-0.2, -0.15) is 0 Å². The molecule has 1 aliphatic carbocycles. The predicted octanol–water partition coefficient (Wildman–Crippen LogP) is 2.69. The summed E-state index contributed by atoms with van der Waals surface area (Å²) in [4.78, 5) is 39.6. The molecule has 5 rings (SSSR count). The number of furan rings is 1. The molecular weight excluding hydrogens is 406 g/mol. The summed E-state index contributed by atoms with van der Waals surface area (Å²) in [7, 11) is 0. The summed E-state index contributed by atoms with van der Waals surface area (Å²) in [6, 6.07) is 9.46. The minimum Gasteiger partial charge on any atom is -0.469 e. The van der Waals surface area contributed by atoms with Gasteiger partial charge in [-0.15, -0.1) is 0 Å². The molecule has 1 saturated heterocycles. The van der Waals surface area contributed by atoms with Crippen molar-refractivity contribution in [1.29, 1.82) is 0 Å². The number of fused-ring (bicyclic) bond motifs is 4. The Kier molecular flexibility index (Phi) is 5.89. The van der Waals surface area contributed by atoms with Crippen LogP contribution >= 0.6 is 0 Å². The van der Waals surface area contributed by atoms with Crippen molar-refractivity contribution in [2.24, 2.45) is 11.8 Å². The van der Waals surface area contributed by atoms with Crippen molar-refractivity contribution < 1.29 is 14.0 Å². The Hall–Kier alpha value is -2.83. The van der Waals surface area contributed by atoms with Crippen molar-refractivity contribution in [2.75, 3.05) is 13.1 Å². The third kappa shape index (κ3) is 4.38. The van der Waals surface area contributed by atoms with Gasteiger partial charge >= 0.3 is 0 Å². The lowest BCUT2D eigenvalue weighted by Gasteiger charge is -2.42.